The van der Waals surface area contributed by atoms with Gasteiger partial charge < -0.3 is 15.0 Å². The Morgan fingerprint density at radius 2 is 1.97 bits per heavy atom. The third-order valence-electron chi connectivity index (χ3n) is 5.99. The zero-order chi connectivity index (χ0) is 27.0. The maximum absolute atomic E-state index is 13.2. The Kier molecular flexibility index (Phi) is 6.55. The average Bonchev–Trinajstić information content (AvgIpc) is 3.49. The number of rotatable bonds is 8. The number of pyridine rings is 1. The fourth-order valence-corrected chi connectivity index (χ4v) is 4.70. The van der Waals surface area contributed by atoms with Crippen molar-refractivity contribution < 1.29 is 17.9 Å². The zero-order valence-electron chi connectivity index (χ0n) is 21.3. The maximum Gasteiger partial charge on any atom is 0.272 e. The highest BCUT2D eigenvalue weighted by atomic mass is 32.2. The Balaban J connectivity index is 1.72. The molecule has 0 unspecified atom stereocenters. The van der Waals surface area contributed by atoms with Crippen molar-refractivity contribution in [3.05, 3.63) is 60.8 Å². The molecule has 0 fully saturated rings. The van der Waals surface area contributed by atoms with Gasteiger partial charge >= 0.3 is 0 Å². The molecule has 0 aliphatic carbocycles. The van der Waals surface area contributed by atoms with Gasteiger partial charge in [0, 0.05) is 37.9 Å². The van der Waals surface area contributed by atoms with Gasteiger partial charge in [0.1, 0.15) is 11.4 Å². The van der Waals surface area contributed by atoms with Gasteiger partial charge in [-0.1, -0.05) is 0 Å². The second kappa shape index (κ2) is 9.84. The predicted molar refractivity (Wildman–Crippen MR) is 141 cm³/mol. The lowest BCUT2D eigenvalue weighted by molar-refractivity contribution is 0.0947. The number of aromatic nitrogens is 6. The van der Waals surface area contributed by atoms with Gasteiger partial charge in [0.2, 0.25) is 0 Å². The van der Waals surface area contributed by atoms with E-state index in [0.717, 1.165) is 6.26 Å². The number of benzene rings is 1. The molecule has 5 rings (SSSR count). The van der Waals surface area contributed by atoms with E-state index in [0.29, 0.717) is 52.3 Å². The number of methoxy groups -OCH3 is 1. The third kappa shape index (κ3) is 4.68. The smallest absolute Gasteiger partial charge is 0.272 e. The standard InChI is InChI=1S/C25H26N8O4S/c1-31(2)11-9-27-25(34)23-18-14-28-19(17-15-29-32-10-5-8-26-24(17)32)13-20(18)33(30-23)21-12-16(38(4,35)36)6-7-22(21)37-3/h5-8,10,12-15H,9,11H2,1-4H3,(H,27,34). The molecule has 0 spiro atoms. The summed E-state index contributed by atoms with van der Waals surface area (Å²) in [7, 11) is 1.79. The van der Waals surface area contributed by atoms with E-state index in [1.54, 1.807) is 47.5 Å². The number of amides is 1. The summed E-state index contributed by atoms with van der Waals surface area (Å²) in [6.07, 6.45) is 7.82. The molecule has 1 aromatic carbocycles. The van der Waals surface area contributed by atoms with Crippen molar-refractivity contribution in [1.29, 1.82) is 0 Å². The van der Waals surface area contributed by atoms with Gasteiger partial charge in [0.05, 0.1) is 40.4 Å². The Morgan fingerprint density at radius 1 is 1.16 bits per heavy atom. The van der Waals surface area contributed by atoms with Gasteiger partial charge in [-0.15, -0.1) is 0 Å². The fraction of sp³-hybridized carbons (Fsp3) is 0.240. The number of hydrogen-bond acceptors (Lipinski definition) is 9. The van der Waals surface area contributed by atoms with Crippen LogP contribution in [0, 0.1) is 0 Å². The van der Waals surface area contributed by atoms with Crippen LogP contribution in [0.15, 0.2) is 60.0 Å². The minimum Gasteiger partial charge on any atom is -0.494 e. The monoisotopic (exact) mass is 534 g/mol. The van der Waals surface area contributed by atoms with Gasteiger partial charge in [-0.05, 0) is 44.4 Å². The Bertz CT molecular complexity index is 1780. The van der Waals surface area contributed by atoms with Crippen LogP contribution in [0.4, 0.5) is 0 Å². The van der Waals surface area contributed by atoms with Crippen LogP contribution >= 0.6 is 0 Å². The molecule has 4 aromatic heterocycles. The number of sulfone groups is 1. The van der Waals surface area contributed by atoms with Gasteiger partial charge in [0.15, 0.2) is 21.2 Å². The van der Waals surface area contributed by atoms with Crippen molar-refractivity contribution >= 4 is 32.3 Å². The molecule has 0 bridgehead atoms. The second-order valence-electron chi connectivity index (χ2n) is 8.96. The molecule has 0 saturated carbocycles. The summed E-state index contributed by atoms with van der Waals surface area (Å²) in [5.41, 5.74) is 2.92. The van der Waals surface area contributed by atoms with Crippen molar-refractivity contribution in [2.75, 3.05) is 40.6 Å². The topological polar surface area (TPSA) is 137 Å². The highest BCUT2D eigenvalue weighted by Crippen LogP contribution is 2.32. The van der Waals surface area contributed by atoms with Crippen LogP contribution in [0.2, 0.25) is 0 Å². The molecule has 196 valence electrons. The minimum absolute atomic E-state index is 0.0926. The van der Waals surface area contributed by atoms with Crippen molar-refractivity contribution in [2.45, 2.75) is 4.90 Å². The van der Waals surface area contributed by atoms with E-state index < -0.39 is 9.84 Å². The zero-order valence-corrected chi connectivity index (χ0v) is 22.1. The Labute approximate surface area is 218 Å². The predicted octanol–water partition coefficient (Wildman–Crippen LogP) is 1.83. The third-order valence-corrected chi connectivity index (χ3v) is 7.10. The number of carbonyl (C=O) groups is 1. The van der Waals surface area contributed by atoms with Crippen LogP contribution in [-0.2, 0) is 9.84 Å². The molecule has 0 aliphatic rings. The largest absolute Gasteiger partial charge is 0.494 e. The summed E-state index contributed by atoms with van der Waals surface area (Å²) in [4.78, 5) is 24.2. The van der Waals surface area contributed by atoms with Crippen molar-refractivity contribution in [2.24, 2.45) is 0 Å². The van der Waals surface area contributed by atoms with E-state index in [4.69, 9.17) is 4.74 Å². The number of fused-ring (bicyclic) bond motifs is 2. The minimum atomic E-state index is -3.52. The van der Waals surface area contributed by atoms with Gasteiger partial charge in [-0.25, -0.2) is 22.6 Å². The summed E-state index contributed by atoms with van der Waals surface area (Å²) in [6.45, 7) is 1.07. The first-order valence-corrected chi connectivity index (χ1v) is 13.6. The van der Waals surface area contributed by atoms with Crippen LogP contribution < -0.4 is 10.1 Å². The second-order valence-corrected chi connectivity index (χ2v) is 11.0. The van der Waals surface area contributed by atoms with E-state index in [1.165, 1.54) is 23.9 Å². The van der Waals surface area contributed by atoms with E-state index >= 15 is 0 Å². The Morgan fingerprint density at radius 3 is 2.71 bits per heavy atom. The molecule has 0 atom stereocenters. The molecule has 0 aliphatic heterocycles. The molecule has 1 N–H and O–H groups in total. The summed E-state index contributed by atoms with van der Waals surface area (Å²) in [5.74, 6) is 0.0124. The summed E-state index contributed by atoms with van der Waals surface area (Å²) >= 11 is 0. The maximum atomic E-state index is 13.2. The molecule has 1 amide bonds. The molecule has 5 aromatic rings. The van der Waals surface area contributed by atoms with Gasteiger partial charge in [-0.2, -0.15) is 10.2 Å². The van der Waals surface area contributed by atoms with Crippen LogP contribution in [0.1, 0.15) is 10.5 Å². The number of nitrogens with zero attached hydrogens (tertiary/aromatic N) is 7. The van der Waals surface area contributed by atoms with Crippen molar-refractivity contribution in [1.82, 2.24) is 39.6 Å². The SMILES string of the molecule is COc1ccc(S(C)(=O)=O)cc1-n1nc(C(=O)NCCN(C)C)c2cnc(-c3cnn4cccnc34)cc21. The molecule has 13 heteroatoms. The van der Waals surface area contributed by atoms with Crippen LogP contribution in [0.25, 0.3) is 33.5 Å². The lowest BCUT2D eigenvalue weighted by Gasteiger charge is -2.11. The average molecular weight is 535 g/mol. The van der Waals surface area contributed by atoms with Crippen LogP contribution in [0.3, 0.4) is 0 Å². The molecule has 0 radical (unpaired) electrons. The first kappa shape index (κ1) is 25.3. The highest BCUT2D eigenvalue weighted by Gasteiger charge is 2.23. The number of likely N-dealkylation sites (N-methyl/N-ethyl adjacent to an activating group) is 1. The number of hydrogen-bond donors (Lipinski definition) is 1. The van der Waals surface area contributed by atoms with E-state index in [1.807, 2.05) is 19.0 Å². The highest BCUT2D eigenvalue weighted by molar-refractivity contribution is 7.90. The summed E-state index contributed by atoms with van der Waals surface area (Å²) < 4.78 is 33.4. The molecule has 12 nitrogen and oxygen atoms in total. The van der Waals surface area contributed by atoms with Crippen LogP contribution in [-0.4, -0.2) is 89.1 Å². The summed E-state index contributed by atoms with van der Waals surface area (Å²) in [6, 6.07) is 8.06. The summed E-state index contributed by atoms with van der Waals surface area (Å²) in [5, 5.41) is 12.3. The van der Waals surface area contributed by atoms with Gasteiger partial charge in [0.25, 0.3) is 5.91 Å². The number of ether oxygens (including phenoxy) is 1. The lowest BCUT2D eigenvalue weighted by Crippen LogP contribution is -2.31. The normalized spacial score (nSPS) is 11.9. The lowest BCUT2D eigenvalue weighted by atomic mass is 10.1. The molecule has 4 heterocycles. The first-order chi connectivity index (χ1) is 18.2. The molecular formula is C25H26N8O4S. The molecular weight excluding hydrogens is 508 g/mol. The molecule has 0 saturated heterocycles. The van der Waals surface area contributed by atoms with E-state index in [2.05, 4.69) is 25.5 Å². The number of nitrogens with one attached hydrogen (secondary N) is 1. The van der Waals surface area contributed by atoms with Gasteiger partial charge in [-0.3, -0.25) is 9.78 Å². The number of carbonyl (C=O) groups excluding carboxylic acids is 1. The van der Waals surface area contributed by atoms with Crippen LogP contribution in [0.5, 0.6) is 5.75 Å². The van der Waals surface area contributed by atoms with Crippen molar-refractivity contribution in [3.63, 3.8) is 0 Å². The van der Waals surface area contributed by atoms with E-state index in [9.17, 15) is 13.2 Å². The Hall–Kier alpha value is -4.36. The quantitative estimate of drug-likeness (QED) is 0.316. The fourth-order valence-electron chi connectivity index (χ4n) is 4.06. The first-order valence-electron chi connectivity index (χ1n) is 11.7. The molecule has 38 heavy (non-hydrogen) atoms. The van der Waals surface area contributed by atoms with E-state index in [-0.39, 0.29) is 16.5 Å². The van der Waals surface area contributed by atoms with Crippen molar-refractivity contribution in [3.8, 4) is 22.7 Å².